The third kappa shape index (κ3) is 2.23. The molecule has 0 aliphatic heterocycles. The molecule has 20 heavy (non-hydrogen) atoms. The van der Waals surface area contributed by atoms with Crippen LogP contribution in [0.4, 0.5) is 4.39 Å². The first-order valence-electron chi connectivity index (χ1n) is 6.32. The van der Waals surface area contributed by atoms with Crippen molar-refractivity contribution in [1.29, 1.82) is 0 Å². The molecule has 1 rings (SSSR count). The van der Waals surface area contributed by atoms with Crippen LogP contribution < -0.4 is 5.43 Å². The van der Waals surface area contributed by atoms with Gasteiger partial charge in [0.15, 0.2) is 5.75 Å². The van der Waals surface area contributed by atoms with E-state index < -0.39 is 22.4 Å². The number of hydrogen-bond acceptors (Lipinski definition) is 3. The molecule has 0 amide bonds. The minimum Gasteiger partial charge on any atom is -0.503 e. The van der Waals surface area contributed by atoms with Gasteiger partial charge in [-0.25, -0.2) is 4.39 Å². The second-order valence-corrected chi connectivity index (χ2v) is 6.63. The fourth-order valence-corrected chi connectivity index (χ4v) is 2.68. The lowest BCUT2D eigenvalue weighted by Gasteiger charge is -2.44. The fraction of sp³-hybridized carbons (Fsp3) is 0.643. The molecule has 0 aliphatic carbocycles. The van der Waals surface area contributed by atoms with Crippen molar-refractivity contribution in [2.75, 3.05) is 14.1 Å². The average Bonchev–Trinajstić information content (AvgIpc) is 2.32. The summed E-state index contributed by atoms with van der Waals surface area (Å²) in [5, 5.41) is 10.1. The van der Waals surface area contributed by atoms with Gasteiger partial charge in [0.05, 0.1) is 0 Å². The number of aromatic hydroxyl groups is 1. The van der Waals surface area contributed by atoms with Crippen molar-refractivity contribution in [3.63, 3.8) is 0 Å². The molecule has 0 saturated carbocycles. The van der Waals surface area contributed by atoms with Crippen molar-refractivity contribution in [1.82, 2.24) is 9.47 Å². The van der Waals surface area contributed by atoms with Crippen LogP contribution in [0.3, 0.4) is 0 Å². The van der Waals surface area contributed by atoms with Gasteiger partial charge in [-0.1, -0.05) is 32.4 Å². The number of pyridine rings is 1. The summed E-state index contributed by atoms with van der Waals surface area (Å²) in [5.41, 5.74) is -1.27. The Hall–Kier alpha value is -1.07. The quantitative estimate of drug-likeness (QED) is 0.855. The first-order chi connectivity index (χ1) is 8.87. The highest BCUT2D eigenvalue weighted by atomic mass is 35.5. The summed E-state index contributed by atoms with van der Waals surface area (Å²) in [6, 6.07) is 0. The van der Waals surface area contributed by atoms with Gasteiger partial charge in [-0.2, -0.15) is 0 Å². The van der Waals surface area contributed by atoms with E-state index in [1.165, 1.54) is 9.47 Å². The van der Waals surface area contributed by atoms with Crippen LogP contribution in [0.2, 0.25) is 5.02 Å². The molecule has 4 nitrogen and oxygen atoms in total. The molecule has 0 radical (unpaired) electrons. The van der Waals surface area contributed by atoms with E-state index in [1.54, 1.807) is 48.8 Å². The monoisotopic (exact) mass is 304 g/mol. The Bertz CT molecular complexity index is 590. The lowest BCUT2D eigenvalue weighted by atomic mass is 9.80. The van der Waals surface area contributed by atoms with Gasteiger partial charge in [0.1, 0.15) is 10.7 Å². The van der Waals surface area contributed by atoms with Crippen molar-refractivity contribution in [2.45, 2.75) is 33.5 Å². The van der Waals surface area contributed by atoms with Crippen molar-refractivity contribution in [3.8, 4) is 5.75 Å². The van der Waals surface area contributed by atoms with E-state index in [-0.39, 0.29) is 10.7 Å². The van der Waals surface area contributed by atoms with Crippen LogP contribution in [0, 0.1) is 12.3 Å². The van der Waals surface area contributed by atoms with Crippen LogP contribution in [-0.2, 0) is 12.8 Å². The molecule has 1 unspecified atom stereocenters. The van der Waals surface area contributed by atoms with Gasteiger partial charge >= 0.3 is 0 Å². The molecule has 1 aromatic rings. The zero-order chi connectivity index (χ0) is 16.0. The molecule has 0 fully saturated rings. The average molecular weight is 305 g/mol. The Kier molecular flexibility index (Phi) is 4.28. The molecule has 0 aliphatic rings. The van der Waals surface area contributed by atoms with Crippen molar-refractivity contribution in [3.05, 3.63) is 26.6 Å². The number of hydrogen-bond donors (Lipinski definition) is 1. The van der Waals surface area contributed by atoms with E-state index in [0.717, 1.165) is 0 Å². The highest BCUT2D eigenvalue weighted by Gasteiger charge is 2.50. The summed E-state index contributed by atoms with van der Waals surface area (Å²) in [7, 11) is 4.72. The Balaban J connectivity index is 3.91. The van der Waals surface area contributed by atoms with Crippen LogP contribution in [0.1, 0.15) is 32.2 Å². The summed E-state index contributed by atoms with van der Waals surface area (Å²) >= 11 is 5.87. The van der Waals surface area contributed by atoms with E-state index in [0.29, 0.717) is 5.69 Å². The summed E-state index contributed by atoms with van der Waals surface area (Å²) in [6.07, 6.45) is 0. The molecule has 0 bridgehead atoms. The number of nitrogens with zero attached hydrogens (tertiary/aromatic N) is 2. The van der Waals surface area contributed by atoms with Crippen LogP contribution in [0.15, 0.2) is 4.79 Å². The number of aromatic nitrogens is 1. The summed E-state index contributed by atoms with van der Waals surface area (Å²) in [4.78, 5) is 13.3. The fourth-order valence-electron chi connectivity index (χ4n) is 2.47. The second-order valence-electron chi connectivity index (χ2n) is 6.25. The van der Waals surface area contributed by atoms with Crippen LogP contribution >= 0.6 is 11.6 Å². The minimum atomic E-state index is -2.03. The summed E-state index contributed by atoms with van der Waals surface area (Å²) in [6.45, 7) is 6.74. The van der Waals surface area contributed by atoms with E-state index >= 15 is 4.39 Å². The van der Waals surface area contributed by atoms with Crippen molar-refractivity contribution < 1.29 is 9.50 Å². The lowest BCUT2D eigenvalue weighted by Crippen LogP contribution is -2.50. The van der Waals surface area contributed by atoms with E-state index in [2.05, 4.69) is 0 Å². The number of halogens is 2. The molecule has 114 valence electrons. The maximum atomic E-state index is 15.7. The molecule has 0 aromatic carbocycles. The Labute approximate surface area is 123 Å². The molecule has 1 atom stereocenters. The largest absolute Gasteiger partial charge is 0.503 e. The maximum Gasteiger partial charge on any atom is 0.242 e. The van der Waals surface area contributed by atoms with Gasteiger partial charge in [0.25, 0.3) is 0 Å². The van der Waals surface area contributed by atoms with Gasteiger partial charge in [0.2, 0.25) is 11.2 Å². The van der Waals surface area contributed by atoms with Gasteiger partial charge < -0.3 is 9.67 Å². The van der Waals surface area contributed by atoms with E-state index in [1.807, 2.05) is 0 Å². The van der Waals surface area contributed by atoms with Gasteiger partial charge in [-0.15, -0.1) is 0 Å². The van der Waals surface area contributed by atoms with E-state index in [4.69, 9.17) is 11.6 Å². The SMILES string of the molecule is Cc1c(Cl)c(=O)c(O)c(C(F)(N(C)C)C(C)(C)C)n1C. The topological polar surface area (TPSA) is 45.5 Å². The molecule has 6 heteroatoms. The van der Waals surface area contributed by atoms with Gasteiger partial charge in [-0.05, 0) is 21.0 Å². The zero-order valence-corrected chi connectivity index (χ0v) is 13.8. The standard InChI is InChI=1S/C14H22ClFN2O2/c1-8-9(15)10(19)11(20)12(18(8)7)14(16,17(5)6)13(2,3)4/h20H,1-7H3. The first kappa shape index (κ1) is 17.0. The third-order valence-corrected chi connectivity index (χ3v) is 4.16. The normalized spacial score (nSPS) is 15.5. The molecule has 0 saturated heterocycles. The van der Waals surface area contributed by atoms with Gasteiger partial charge in [-0.3, -0.25) is 9.69 Å². The van der Waals surface area contributed by atoms with Gasteiger partial charge in [0, 0.05) is 18.2 Å². The van der Waals surface area contributed by atoms with Crippen LogP contribution in [0.25, 0.3) is 0 Å². The Morgan fingerprint density at radius 3 is 2.10 bits per heavy atom. The predicted octanol–water partition coefficient (Wildman–Crippen LogP) is 2.78. The Morgan fingerprint density at radius 1 is 1.30 bits per heavy atom. The van der Waals surface area contributed by atoms with Crippen molar-refractivity contribution >= 4 is 11.6 Å². The molecule has 1 N–H and O–H groups in total. The highest BCUT2D eigenvalue weighted by molar-refractivity contribution is 6.31. The molecule has 1 aromatic heterocycles. The predicted molar refractivity (Wildman–Crippen MR) is 79.0 cm³/mol. The molecule has 0 spiro atoms. The smallest absolute Gasteiger partial charge is 0.242 e. The summed E-state index contributed by atoms with van der Waals surface area (Å²) in [5.74, 6) is -2.67. The number of alkyl halides is 1. The minimum absolute atomic E-state index is 0.0816. The first-order valence-corrected chi connectivity index (χ1v) is 6.70. The lowest BCUT2D eigenvalue weighted by molar-refractivity contribution is -0.105. The summed E-state index contributed by atoms with van der Waals surface area (Å²) < 4.78 is 17.2. The zero-order valence-electron chi connectivity index (χ0n) is 13.0. The van der Waals surface area contributed by atoms with Crippen molar-refractivity contribution in [2.24, 2.45) is 12.5 Å². The molecule has 1 heterocycles. The van der Waals surface area contributed by atoms with E-state index in [9.17, 15) is 9.90 Å². The van der Waals surface area contributed by atoms with Crippen LogP contribution in [0.5, 0.6) is 5.75 Å². The molecular formula is C14H22ClFN2O2. The highest BCUT2D eigenvalue weighted by Crippen LogP contribution is 2.47. The number of rotatable bonds is 2. The Morgan fingerprint density at radius 2 is 1.75 bits per heavy atom. The maximum absolute atomic E-state index is 15.7. The van der Waals surface area contributed by atoms with Crippen LogP contribution in [-0.4, -0.2) is 28.7 Å². The second kappa shape index (κ2) is 5.04. The molecular weight excluding hydrogens is 283 g/mol. The third-order valence-electron chi connectivity index (χ3n) is 3.72.